The van der Waals surface area contributed by atoms with Gasteiger partial charge in [0.15, 0.2) is 0 Å². The topological polar surface area (TPSA) is 92.9 Å². The molecule has 6 rings (SSSR count). The maximum absolute atomic E-state index is 13.6. The third kappa shape index (κ3) is 5.35. The number of hydrogen-bond acceptors (Lipinski definition) is 8. The lowest BCUT2D eigenvalue weighted by Gasteiger charge is -2.51. The standard InChI is InChI=1S/C27H49N7O2/c1-18(34-10-3-4-11-34)22-13-23(31-25(30-22)19-8-9-19)26(35)29-21-7-5-6-20(12-21)27(15-36-16-27)14-24-32-28-17-33(24)2/h18-25,28,30-32H,3-17H2,1-2H3,(H,29,35). The Morgan fingerprint density at radius 3 is 2.56 bits per heavy atom. The highest BCUT2D eigenvalue weighted by Crippen LogP contribution is 2.47. The summed E-state index contributed by atoms with van der Waals surface area (Å²) in [7, 11) is 2.17. The first-order valence-corrected chi connectivity index (χ1v) is 14.8. The number of hydrogen-bond donors (Lipinski definition) is 5. The van der Waals surface area contributed by atoms with Crippen LogP contribution >= 0.6 is 0 Å². The van der Waals surface area contributed by atoms with Crippen LogP contribution in [0.4, 0.5) is 0 Å². The van der Waals surface area contributed by atoms with Gasteiger partial charge in [0.25, 0.3) is 0 Å². The monoisotopic (exact) mass is 503 g/mol. The molecule has 5 N–H and O–H groups in total. The minimum absolute atomic E-state index is 0.0873. The molecule has 7 atom stereocenters. The predicted molar refractivity (Wildman–Crippen MR) is 140 cm³/mol. The summed E-state index contributed by atoms with van der Waals surface area (Å²) >= 11 is 0. The number of nitrogens with zero attached hydrogens (tertiary/aromatic N) is 2. The number of hydrazine groups is 1. The smallest absolute Gasteiger partial charge is 0.237 e. The number of rotatable bonds is 8. The van der Waals surface area contributed by atoms with Gasteiger partial charge in [-0.2, -0.15) is 0 Å². The molecule has 6 fully saturated rings. The van der Waals surface area contributed by atoms with Gasteiger partial charge in [-0.3, -0.25) is 25.2 Å². The van der Waals surface area contributed by atoms with Crippen LogP contribution in [0.5, 0.6) is 0 Å². The van der Waals surface area contributed by atoms with Gasteiger partial charge in [0.2, 0.25) is 5.91 Å². The molecule has 0 radical (unpaired) electrons. The van der Waals surface area contributed by atoms with Gasteiger partial charge < -0.3 is 10.1 Å². The van der Waals surface area contributed by atoms with Crippen LogP contribution in [0.15, 0.2) is 0 Å². The third-order valence-corrected chi connectivity index (χ3v) is 10.4. The lowest BCUT2D eigenvalue weighted by molar-refractivity contribution is -0.166. The lowest BCUT2D eigenvalue weighted by atomic mass is 9.64. The molecule has 7 unspecified atom stereocenters. The number of amides is 1. The van der Waals surface area contributed by atoms with Crippen molar-refractivity contribution in [2.75, 3.05) is 40.0 Å². The van der Waals surface area contributed by atoms with Gasteiger partial charge in [-0.25, -0.2) is 10.9 Å². The molecule has 4 aliphatic heterocycles. The van der Waals surface area contributed by atoms with Gasteiger partial charge in [-0.05, 0) is 96.7 Å². The Balaban J connectivity index is 1.07. The molecule has 4 heterocycles. The van der Waals surface area contributed by atoms with Crippen molar-refractivity contribution in [1.29, 1.82) is 0 Å². The van der Waals surface area contributed by atoms with E-state index in [4.69, 9.17) is 4.74 Å². The van der Waals surface area contributed by atoms with Gasteiger partial charge in [-0.15, -0.1) is 0 Å². The highest BCUT2D eigenvalue weighted by molar-refractivity contribution is 5.82. The van der Waals surface area contributed by atoms with Crippen LogP contribution in [-0.4, -0.2) is 92.2 Å². The third-order valence-electron chi connectivity index (χ3n) is 10.4. The molecule has 9 nitrogen and oxygen atoms in total. The molecule has 0 aromatic heterocycles. The normalized spacial score (nSPS) is 40.6. The van der Waals surface area contributed by atoms with E-state index in [2.05, 4.69) is 50.6 Å². The summed E-state index contributed by atoms with van der Waals surface area (Å²) in [5.41, 5.74) is 6.95. The van der Waals surface area contributed by atoms with Crippen molar-refractivity contribution in [2.45, 2.75) is 108 Å². The summed E-state index contributed by atoms with van der Waals surface area (Å²) in [6.45, 7) is 7.38. The van der Waals surface area contributed by atoms with Crippen molar-refractivity contribution in [1.82, 2.24) is 36.6 Å². The molecule has 9 heteroatoms. The molecule has 204 valence electrons. The summed E-state index contributed by atoms with van der Waals surface area (Å²) < 4.78 is 5.79. The largest absolute Gasteiger partial charge is 0.380 e. The van der Waals surface area contributed by atoms with Crippen molar-refractivity contribution in [3.05, 3.63) is 0 Å². The van der Waals surface area contributed by atoms with E-state index >= 15 is 0 Å². The summed E-state index contributed by atoms with van der Waals surface area (Å²) in [6, 6.07) is 1.06. The van der Waals surface area contributed by atoms with E-state index < -0.39 is 0 Å². The highest BCUT2D eigenvalue weighted by Gasteiger charge is 2.49. The van der Waals surface area contributed by atoms with E-state index in [1.54, 1.807) is 0 Å². The molecule has 6 aliphatic rings. The van der Waals surface area contributed by atoms with E-state index in [1.165, 1.54) is 51.6 Å². The van der Waals surface area contributed by atoms with E-state index in [1.807, 2.05) is 0 Å². The summed E-state index contributed by atoms with van der Waals surface area (Å²) in [5.74, 6) is 1.53. The van der Waals surface area contributed by atoms with Crippen LogP contribution in [0.25, 0.3) is 0 Å². The van der Waals surface area contributed by atoms with E-state index in [9.17, 15) is 4.79 Å². The maximum Gasteiger partial charge on any atom is 0.237 e. The Kier molecular flexibility index (Phi) is 7.60. The second-order valence-corrected chi connectivity index (χ2v) is 12.9. The SMILES string of the molecule is CC(C1CC(C(=O)NC2CCCC(C3(CC4NNCN4C)COC3)C2)NC(C2CC2)N1)N1CCCC1. The molecule has 0 aromatic rings. The second kappa shape index (κ2) is 10.8. The molecule has 2 saturated carbocycles. The van der Waals surface area contributed by atoms with Crippen LogP contribution < -0.4 is 26.8 Å². The Morgan fingerprint density at radius 2 is 1.89 bits per heavy atom. The molecule has 0 spiro atoms. The molecule has 2 aliphatic carbocycles. The van der Waals surface area contributed by atoms with E-state index in [-0.39, 0.29) is 29.6 Å². The van der Waals surface area contributed by atoms with Gasteiger partial charge in [0.1, 0.15) is 0 Å². The molecule has 1 amide bonds. The van der Waals surface area contributed by atoms with Crippen LogP contribution in [0.3, 0.4) is 0 Å². The Bertz CT molecular complexity index is 769. The lowest BCUT2D eigenvalue weighted by Crippen LogP contribution is -2.67. The average molecular weight is 504 g/mol. The predicted octanol–water partition coefficient (Wildman–Crippen LogP) is 0.932. The number of carbonyl (C=O) groups is 1. The zero-order valence-electron chi connectivity index (χ0n) is 22.4. The van der Waals surface area contributed by atoms with Crippen LogP contribution in [-0.2, 0) is 9.53 Å². The Labute approximate surface area is 217 Å². The van der Waals surface area contributed by atoms with Gasteiger partial charge >= 0.3 is 0 Å². The number of nitrogens with one attached hydrogen (secondary N) is 5. The number of carbonyl (C=O) groups excluding carboxylic acids is 1. The van der Waals surface area contributed by atoms with Crippen molar-refractivity contribution in [3.63, 3.8) is 0 Å². The molecule has 0 bridgehead atoms. The zero-order valence-corrected chi connectivity index (χ0v) is 22.4. The molecule has 4 saturated heterocycles. The fraction of sp³-hybridized carbons (Fsp3) is 0.963. The number of likely N-dealkylation sites (tertiary alicyclic amines) is 1. The first-order valence-electron chi connectivity index (χ1n) is 14.8. The molecule has 36 heavy (non-hydrogen) atoms. The minimum atomic E-state index is -0.0873. The number of ether oxygens (including phenoxy) is 1. The fourth-order valence-corrected chi connectivity index (χ4v) is 7.67. The van der Waals surface area contributed by atoms with Gasteiger partial charge in [0, 0.05) is 23.5 Å². The fourth-order valence-electron chi connectivity index (χ4n) is 7.67. The summed E-state index contributed by atoms with van der Waals surface area (Å²) in [4.78, 5) is 18.6. The molecular formula is C27H49N7O2. The van der Waals surface area contributed by atoms with Crippen LogP contribution in [0, 0.1) is 17.3 Å². The molecular weight excluding hydrogens is 454 g/mol. The zero-order chi connectivity index (χ0) is 24.7. The van der Waals surface area contributed by atoms with Gasteiger partial charge in [0.05, 0.1) is 38.3 Å². The Hall–Kier alpha value is -0.810. The minimum Gasteiger partial charge on any atom is -0.380 e. The van der Waals surface area contributed by atoms with Crippen molar-refractivity contribution in [2.24, 2.45) is 17.3 Å². The van der Waals surface area contributed by atoms with E-state index in [0.29, 0.717) is 30.1 Å². The Morgan fingerprint density at radius 1 is 1.08 bits per heavy atom. The maximum atomic E-state index is 13.6. The average Bonchev–Trinajstić information content (AvgIpc) is 3.42. The van der Waals surface area contributed by atoms with Crippen molar-refractivity contribution >= 4 is 5.91 Å². The van der Waals surface area contributed by atoms with Gasteiger partial charge in [-0.1, -0.05) is 6.42 Å². The van der Waals surface area contributed by atoms with Crippen molar-refractivity contribution < 1.29 is 9.53 Å². The second-order valence-electron chi connectivity index (χ2n) is 12.9. The highest BCUT2D eigenvalue weighted by atomic mass is 16.5. The summed E-state index contributed by atoms with van der Waals surface area (Å²) in [6.07, 6.45) is 12.4. The molecule has 0 aromatic carbocycles. The van der Waals surface area contributed by atoms with Crippen molar-refractivity contribution in [3.8, 4) is 0 Å². The quantitative estimate of drug-likeness (QED) is 0.334. The van der Waals surface area contributed by atoms with E-state index in [0.717, 1.165) is 45.6 Å². The first kappa shape index (κ1) is 25.5. The van der Waals surface area contributed by atoms with Crippen LogP contribution in [0.2, 0.25) is 0 Å². The first-order chi connectivity index (χ1) is 17.5. The summed E-state index contributed by atoms with van der Waals surface area (Å²) in [5, 5.41) is 11.1. The van der Waals surface area contributed by atoms with Crippen LogP contribution in [0.1, 0.15) is 71.1 Å².